The highest BCUT2D eigenvalue weighted by atomic mass is 35.5. The van der Waals surface area contributed by atoms with Crippen LogP contribution in [0.1, 0.15) is 35.2 Å². The van der Waals surface area contributed by atoms with Gasteiger partial charge in [0.2, 0.25) is 0 Å². The highest BCUT2D eigenvalue weighted by Crippen LogP contribution is 2.22. The molecule has 122 valence electrons. The Labute approximate surface area is 144 Å². The van der Waals surface area contributed by atoms with Crippen molar-refractivity contribution in [2.75, 3.05) is 19.6 Å². The second-order valence-electron chi connectivity index (χ2n) is 5.62. The first kappa shape index (κ1) is 19.1. The predicted octanol–water partition coefficient (Wildman–Crippen LogP) is 3.69. The van der Waals surface area contributed by atoms with Gasteiger partial charge in [0.15, 0.2) is 0 Å². The smallest absolute Gasteiger partial charge is 0.0953 e. The molecule has 22 heavy (non-hydrogen) atoms. The van der Waals surface area contributed by atoms with Gasteiger partial charge in [0.05, 0.1) is 5.01 Å². The van der Waals surface area contributed by atoms with Crippen LogP contribution in [0.2, 0.25) is 0 Å². The highest BCUT2D eigenvalue weighted by molar-refractivity contribution is 7.11. The molecule has 1 aromatic heterocycles. The zero-order chi connectivity index (χ0) is 15.1. The molecule has 0 amide bonds. The molecule has 1 heterocycles. The summed E-state index contributed by atoms with van der Waals surface area (Å²) in [5.41, 5.74) is 7.13. The fraction of sp³-hybridized carbons (Fsp3) is 0.471. The molecule has 2 N–H and O–H groups in total. The van der Waals surface area contributed by atoms with Gasteiger partial charge in [-0.2, -0.15) is 0 Å². The molecule has 5 heteroatoms. The van der Waals surface area contributed by atoms with Crippen molar-refractivity contribution in [1.29, 1.82) is 0 Å². The Balaban J connectivity index is 0.00000242. The van der Waals surface area contributed by atoms with E-state index >= 15 is 0 Å². The molecule has 0 aliphatic carbocycles. The Hall–Kier alpha value is -0.940. The molecular weight excluding hydrogens is 314 g/mol. The summed E-state index contributed by atoms with van der Waals surface area (Å²) in [6.45, 7) is 8.00. The Morgan fingerprint density at radius 1 is 1.18 bits per heavy atom. The van der Waals surface area contributed by atoms with Crippen molar-refractivity contribution in [2.45, 2.75) is 32.7 Å². The van der Waals surface area contributed by atoms with Crippen molar-refractivity contribution in [3.63, 3.8) is 0 Å². The average molecular weight is 340 g/mol. The lowest BCUT2D eigenvalue weighted by Gasteiger charge is -2.20. The molecule has 0 aliphatic heterocycles. The first-order valence-corrected chi connectivity index (χ1v) is 8.41. The van der Waals surface area contributed by atoms with Crippen LogP contribution in [0, 0.1) is 0 Å². The van der Waals surface area contributed by atoms with Crippen LogP contribution in [-0.2, 0) is 13.0 Å². The molecule has 1 aromatic carbocycles. The van der Waals surface area contributed by atoms with Gasteiger partial charge in [0, 0.05) is 43.2 Å². The highest BCUT2D eigenvalue weighted by Gasteiger charge is 2.10. The van der Waals surface area contributed by atoms with Crippen molar-refractivity contribution >= 4 is 23.7 Å². The summed E-state index contributed by atoms with van der Waals surface area (Å²) in [5, 5.41) is 1.22. The first-order valence-electron chi connectivity index (χ1n) is 7.60. The van der Waals surface area contributed by atoms with Crippen molar-refractivity contribution in [3.8, 4) is 0 Å². The molecule has 0 aliphatic rings. The van der Waals surface area contributed by atoms with E-state index in [1.54, 1.807) is 0 Å². The van der Waals surface area contributed by atoms with Crippen molar-refractivity contribution in [3.05, 3.63) is 52.0 Å². The van der Waals surface area contributed by atoms with Gasteiger partial charge in [0.1, 0.15) is 0 Å². The summed E-state index contributed by atoms with van der Waals surface area (Å²) in [7, 11) is 0. The third kappa shape index (κ3) is 6.05. The zero-order valence-electron chi connectivity index (χ0n) is 13.4. The van der Waals surface area contributed by atoms with E-state index in [0.29, 0.717) is 12.5 Å². The van der Waals surface area contributed by atoms with Gasteiger partial charge < -0.3 is 5.73 Å². The van der Waals surface area contributed by atoms with Crippen LogP contribution < -0.4 is 5.73 Å². The predicted molar refractivity (Wildman–Crippen MR) is 97.9 cm³/mol. The Morgan fingerprint density at radius 3 is 2.50 bits per heavy atom. The maximum Gasteiger partial charge on any atom is 0.0953 e. The summed E-state index contributed by atoms with van der Waals surface area (Å²) in [5.74, 6) is 0.510. The molecule has 2 aromatic rings. The van der Waals surface area contributed by atoms with Crippen LogP contribution >= 0.6 is 23.7 Å². The largest absolute Gasteiger partial charge is 0.329 e. The summed E-state index contributed by atoms with van der Waals surface area (Å²) >= 11 is 1.82. The molecule has 0 saturated carbocycles. The van der Waals surface area contributed by atoms with Gasteiger partial charge >= 0.3 is 0 Å². The maximum absolute atomic E-state index is 5.75. The Morgan fingerprint density at radius 2 is 1.91 bits per heavy atom. The number of hydrogen-bond donors (Lipinski definition) is 1. The maximum atomic E-state index is 5.75. The molecule has 0 radical (unpaired) electrons. The third-order valence-electron chi connectivity index (χ3n) is 3.45. The number of rotatable bonds is 8. The van der Waals surface area contributed by atoms with E-state index in [4.69, 9.17) is 5.73 Å². The fourth-order valence-corrected chi connectivity index (χ4v) is 3.23. The van der Waals surface area contributed by atoms with E-state index in [-0.39, 0.29) is 12.4 Å². The van der Waals surface area contributed by atoms with Gasteiger partial charge in [-0.25, -0.2) is 4.98 Å². The van der Waals surface area contributed by atoms with Gasteiger partial charge in [-0.15, -0.1) is 23.7 Å². The number of aromatic nitrogens is 1. The number of nitrogens with two attached hydrogens (primary N) is 1. The molecule has 0 atom stereocenters. The fourth-order valence-electron chi connectivity index (χ4n) is 2.27. The lowest BCUT2D eigenvalue weighted by Crippen LogP contribution is -2.30. The minimum Gasteiger partial charge on any atom is -0.329 e. The van der Waals surface area contributed by atoms with Crippen LogP contribution in [0.15, 0.2) is 36.5 Å². The quantitative estimate of drug-likeness (QED) is 0.797. The Kier molecular flexibility index (Phi) is 8.64. The molecule has 0 saturated heterocycles. The van der Waals surface area contributed by atoms with E-state index in [1.807, 2.05) is 17.5 Å². The number of nitrogens with zero attached hydrogens (tertiary/aromatic N) is 2. The lowest BCUT2D eigenvalue weighted by atomic mass is 10.1. The van der Waals surface area contributed by atoms with Crippen LogP contribution in [0.25, 0.3) is 0 Å². The first-order chi connectivity index (χ1) is 10.2. The number of hydrogen-bond acceptors (Lipinski definition) is 4. The summed E-state index contributed by atoms with van der Waals surface area (Å²) in [6, 6.07) is 10.6. The third-order valence-corrected chi connectivity index (χ3v) is 4.73. The minimum atomic E-state index is 0. The summed E-state index contributed by atoms with van der Waals surface area (Å²) in [6.07, 6.45) is 3.09. The van der Waals surface area contributed by atoms with E-state index in [2.05, 4.69) is 54.1 Å². The topological polar surface area (TPSA) is 42.2 Å². The van der Waals surface area contributed by atoms with Gasteiger partial charge in [-0.05, 0) is 12.0 Å². The van der Waals surface area contributed by atoms with Crippen LogP contribution in [0.4, 0.5) is 0 Å². The average Bonchev–Trinajstić information content (AvgIpc) is 2.95. The van der Waals surface area contributed by atoms with Crippen LogP contribution in [0.3, 0.4) is 0 Å². The van der Waals surface area contributed by atoms with Crippen molar-refractivity contribution in [2.24, 2.45) is 5.73 Å². The summed E-state index contributed by atoms with van der Waals surface area (Å²) in [4.78, 5) is 8.26. The molecule has 0 bridgehead atoms. The van der Waals surface area contributed by atoms with Gasteiger partial charge in [-0.1, -0.05) is 44.2 Å². The molecule has 0 unspecified atom stereocenters. The minimum absolute atomic E-state index is 0. The zero-order valence-corrected chi connectivity index (χ0v) is 15.0. The number of halogens is 1. The van der Waals surface area contributed by atoms with Gasteiger partial charge in [-0.3, -0.25) is 4.90 Å². The monoisotopic (exact) mass is 339 g/mol. The molecule has 0 spiro atoms. The lowest BCUT2D eigenvalue weighted by molar-refractivity contribution is 0.278. The van der Waals surface area contributed by atoms with E-state index in [0.717, 1.165) is 26.1 Å². The van der Waals surface area contributed by atoms with Crippen LogP contribution in [0.5, 0.6) is 0 Å². The van der Waals surface area contributed by atoms with Crippen LogP contribution in [-0.4, -0.2) is 29.5 Å². The molecular formula is C17H26ClN3S. The molecule has 0 fully saturated rings. The number of thiazole rings is 1. The summed E-state index contributed by atoms with van der Waals surface area (Å²) < 4.78 is 0. The van der Waals surface area contributed by atoms with Crippen molar-refractivity contribution < 1.29 is 0 Å². The normalized spacial score (nSPS) is 11.0. The molecule has 2 rings (SSSR count). The second-order valence-corrected chi connectivity index (χ2v) is 6.77. The van der Waals surface area contributed by atoms with E-state index < -0.39 is 0 Å². The van der Waals surface area contributed by atoms with E-state index in [1.165, 1.54) is 15.4 Å². The molecule has 3 nitrogen and oxygen atoms in total. The van der Waals surface area contributed by atoms with Crippen molar-refractivity contribution in [1.82, 2.24) is 9.88 Å². The standard InChI is InChI=1S/C17H25N3S.ClH/c1-14(2)17-19-12-16(21-17)13-20(11-9-18)10-8-15-6-4-3-5-7-15;/h3-7,12,14H,8-11,13,18H2,1-2H3;1H. The SMILES string of the molecule is CC(C)c1ncc(CN(CCN)CCc2ccccc2)s1.Cl. The Bertz CT molecular complexity index is 528. The number of benzene rings is 1. The van der Waals surface area contributed by atoms with E-state index in [9.17, 15) is 0 Å². The van der Waals surface area contributed by atoms with Gasteiger partial charge in [0.25, 0.3) is 0 Å². The second kappa shape index (κ2) is 9.95.